The van der Waals surface area contributed by atoms with Crippen LogP contribution in [-0.4, -0.2) is 59.4 Å². The average Bonchev–Trinajstić information content (AvgIpc) is 3.80. The zero-order valence-corrected chi connectivity index (χ0v) is 21.5. The zero-order valence-electron chi connectivity index (χ0n) is 21.5. The Hall–Kier alpha value is -1.92. The maximum absolute atomic E-state index is 13.5. The molecule has 2 amide bonds. The van der Waals surface area contributed by atoms with Crippen molar-refractivity contribution >= 4 is 11.8 Å². The fourth-order valence-corrected chi connectivity index (χ4v) is 6.23. The molecule has 1 aromatic rings. The Bertz CT molecular complexity index is 871. The van der Waals surface area contributed by atoms with E-state index in [1.165, 1.54) is 36.8 Å². The molecule has 3 N–H and O–H groups in total. The van der Waals surface area contributed by atoms with Crippen molar-refractivity contribution in [1.29, 1.82) is 0 Å². The Morgan fingerprint density at radius 1 is 0.943 bits per heavy atom. The van der Waals surface area contributed by atoms with E-state index >= 15 is 0 Å². The van der Waals surface area contributed by atoms with Crippen LogP contribution in [0.25, 0.3) is 0 Å². The van der Waals surface area contributed by atoms with E-state index in [1.807, 2.05) is 4.90 Å². The molecule has 5 rings (SSSR count). The van der Waals surface area contributed by atoms with Gasteiger partial charge < -0.3 is 16.0 Å². The lowest BCUT2D eigenvalue weighted by molar-refractivity contribution is -0.145. The normalized spacial score (nSPS) is 29.3. The fraction of sp³-hybridized carbons (Fsp3) is 0.724. The van der Waals surface area contributed by atoms with Crippen molar-refractivity contribution in [3.05, 3.63) is 35.4 Å². The van der Waals surface area contributed by atoms with Crippen LogP contribution in [0.3, 0.4) is 0 Å². The van der Waals surface area contributed by atoms with Crippen molar-refractivity contribution in [2.75, 3.05) is 19.6 Å². The van der Waals surface area contributed by atoms with E-state index in [9.17, 15) is 9.59 Å². The minimum atomic E-state index is -0.332. The number of piperidine rings is 1. The topological polar surface area (TPSA) is 78.7 Å². The molecule has 1 aromatic carbocycles. The van der Waals surface area contributed by atoms with Crippen LogP contribution in [0.2, 0.25) is 0 Å². The molecule has 35 heavy (non-hydrogen) atoms. The maximum atomic E-state index is 13.5. The third kappa shape index (κ3) is 6.26. The Kier molecular flexibility index (Phi) is 7.78. The minimum Gasteiger partial charge on any atom is -0.354 e. The second-order valence-electron chi connectivity index (χ2n) is 11.8. The lowest BCUT2D eigenvalue weighted by Crippen LogP contribution is -2.58. The van der Waals surface area contributed by atoms with Gasteiger partial charge in [-0.05, 0) is 95.1 Å². The molecule has 0 aromatic heterocycles. The number of hydrogen-bond donors (Lipinski definition) is 2. The summed E-state index contributed by atoms with van der Waals surface area (Å²) in [4.78, 5) is 31.2. The van der Waals surface area contributed by atoms with Crippen LogP contribution in [0.1, 0.15) is 75.3 Å². The molecule has 0 bridgehead atoms. The lowest BCUT2D eigenvalue weighted by atomic mass is 9.82. The number of carbonyl (C=O) groups is 2. The molecule has 6 nitrogen and oxygen atoms in total. The van der Waals surface area contributed by atoms with Crippen molar-refractivity contribution < 1.29 is 9.59 Å². The van der Waals surface area contributed by atoms with Gasteiger partial charge in [-0.15, -0.1) is 0 Å². The first-order valence-electron chi connectivity index (χ1n) is 14.1. The molecule has 3 saturated carbocycles. The largest absolute Gasteiger partial charge is 0.354 e. The summed E-state index contributed by atoms with van der Waals surface area (Å²) in [7, 11) is 0. The summed E-state index contributed by atoms with van der Waals surface area (Å²) in [5.74, 6) is 1.62. The highest BCUT2D eigenvalue weighted by Crippen LogP contribution is 2.37. The van der Waals surface area contributed by atoms with Crippen LogP contribution < -0.4 is 11.1 Å². The average molecular weight is 481 g/mol. The highest BCUT2D eigenvalue weighted by atomic mass is 16.2. The smallest absolute Gasteiger partial charge is 0.242 e. The van der Waals surface area contributed by atoms with Gasteiger partial charge >= 0.3 is 0 Å². The molecule has 1 aliphatic heterocycles. The third-order valence-electron chi connectivity index (χ3n) is 8.92. The Morgan fingerprint density at radius 2 is 1.63 bits per heavy atom. The van der Waals surface area contributed by atoms with Gasteiger partial charge in [-0.1, -0.05) is 29.8 Å². The summed E-state index contributed by atoms with van der Waals surface area (Å²) in [5.41, 5.74) is 8.47. The predicted octanol–water partition coefficient (Wildman–Crippen LogP) is 3.61. The molecular weight excluding hydrogens is 436 g/mol. The minimum absolute atomic E-state index is 0.0655. The number of nitrogens with one attached hydrogen (secondary N) is 1. The van der Waals surface area contributed by atoms with Crippen LogP contribution >= 0.6 is 0 Å². The number of rotatable bonds is 9. The molecule has 192 valence electrons. The van der Waals surface area contributed by atoms with E-state index in [1.54, 1.807) is 0 Å². The molecule has 4 fully saturated rings. The number of aryl methyl sites for hydroxylation is 1. The molecule has 2 atom stereocenters. The van der Waals surface area contributed by atoms with Crippen molar-refractivity contribution in [3.63, 3.8) is 0 Å². The van der Waals surface area contributed by atoms with Crippen LogP contribution in [0.15, 0.2) is 24.3 Å². The summed E-state index contributed by atoms with van der Waals surface area (Å²) in [6.45, 7) is 5.28. The van der Waals surface area contributed by atoms with E-state index in [0.717, 1.165) is 58.2 Å². The summed E-state index contributed by atoms with van der Waals surface area (Å²) in [6.07, 6.45) is 10.8. The van der Waals surface area contributed by atoms with Crippen LogP contribution in [0.4, 0.5) is 0 Å². The Labute approximate surface area is 211 Å². The Morgan fingerprint density at radius 3 is 2.26 bits per heavy atom. The van der Waals surface area contributed by atoms with E-state index in [2.05, 4.69) is 41.4 Å². The highest BCUT2D eigenvalue weighted by molar-refractivity contribution is 5.89. The standard InChI is InChI=1S/C29H44N4O2/c1-20-2-4-23(5-3-20)19-33(25-12-13-25)26-14-15-32(29(35)24-10-11-24)27(16-26)28(34)31-18-22-8-6-21(17-30)7-9-22/h2-5,21-22,24-27H,6-19,30H2,1H3,(H,31,34)/t21?,22?,26?,27-/m1/s1. The number of likely N-dealkylation sites (tertiary alicyclic amines) is 1. The predicted molar refractivity (Wildman–Crippen MR) is 139 cm³/mol. The summed E-state index contributed by atoms with van der Waals surface area (Å²) >= 11 is 0. The van der Waals surface area contributed by atoms with E-state index < -0.39 is 0 Å². The molecule has 1 unspecified atom stereocenters. The summed E-state index contributed by atoms with van der Waals surface area (Å²) < 4.78 is 0. The zero-order chi connectivity index (χ0) is 24.4. The lowest BCUT2D eigenvalue weighted by Gasteiger charge is -2.43. The van der Waals surface area contributed by atoms with Gasteiger partial charge in [-0.25, -0.2) is 0 Å². The van der Waals surface area contributed by atoms with Crippen LogP contribution in [0, 0.1) is 24.7 Å². The van der Waals surface area contributed by atoms with Crippen LogP contribution in [-0.2, 0) is 16.1 Å². The fourth-order valence-electron chi connectivity index (χ4n) is 6.23. The van der Waals surface area contributed by atoms with Crippen molar-refractivity contribution in [2.24, 2.45) is 23.5 Å². The summed E-state index contributed by atoms with van der Waals surface area (Å²) in [6, 6.07) is 9.49. The molecular formula is C29H44N4O2. The van der Waals surface area contributed by atoms with Crippen LogP contribution in [0.5, 0.6) is 0 Å². The van der Waals surface area contributed by atoms with Crippen molar-refractivity contribution in [2.45, 2.75) is 95.8 Å². The molecule has 0 radical (unpaired) electrons. The second-order valence-corrected chi connectivity index (χ2v) is 11.8. The second kappa shape index (κ2) is 11.0. The third-order valence-corrected chi connectivity index (χ3v) is 8.92. The molecule has 3 aliphatic carbocycles. The first-order chi connectivity index (χ1) is 17.0. The molecule has 0 spiro atoms. The van der Waals surface area contributed by atoms with E-state index in [4.69, 9.17) is 5.73 Å². The first-order valence-corrected chi connectivity index (χ1v) is 14.1. The van der Waals surface area contributed by atoms with E-state index in [-0.39, 0.29) is 23.8 Å². The Balaban J connectivity index is 1.24. The monoisotopic (exact) mass is 480 g/mol. The number of nitrogens with zero attached hydrogens (tertiary/aromatic N) is 2. The molecule has 1 heterocycles. The number of benzene rings is 1. The van der Waals surface area contributed by atoms with Gasteiger partial charge in [0.25, 0.3) is 0 Å². The van der Waals surface area contributed by atoms with Gasteiger partial charge in [0, 0.05) is 37.6 Å². The quantitative estimate of drug-likeness (QED) is 0.566. The number of hydrogen-bond acceptors (Lipinski definition) is 4. The van der Waals surface area contributed by atoms with Gasteiger partial charge in [0.2, 0.25) is 11.8 Å². The first kappa shape index (κ1) is 24.8. The SMILES string of the molecule is Cc1ccc(CN(C2CC2)C2CCN(C(=O)C3CC3)[C@@H](C(=O)NCC3CCC(CN)CC3)C2)cc1. The number of nitrogens with two attached hydrogens (primary N) is 1. The van der Waals surface area contributed by atoms with Gasteiger partial charge in [0.05, 0.1) is 0 Å². The van der Waals surface area contributed by atoms with Crippen molar-refractivity contribution in [1.82, 2.24) is 15.1 Å². The van der Waals surface area contributed by atoms with Gasteiger partial charge in [0.15, 0.2) is 0 Å². The number of carbonyl (C=O) groups excluding carboxylic acids is 2. The highest BCUT2D eigenvalue weighted by Gasteiger charge is 2.44. The van der Waals surface area contributed by atoms with E-state index in [0.29, 0.717) is 30.5 Å². The van der Waals surface area contributed by atoms with Gasteiger partial charge in [0.1, 0.15) is 6.04 Å². The maximum Gasteiger partial charge on any atom is 0.242 e. The molecule has 1 saturated heterocycles. The molecule has 6 heteroatoms. The summed E-state index contributed by atoms with van der Waals surface area (Å²) in [5, 5.41) is 3.28. The van der Waals surface area contributed by atoms with Gasteiger partial charge in [-0.2, -0.15) is 0 Å². The van der Waals surface area contributed by atoms with Crippen molar-refractivity contribution in [3.8, 4) is 0 Å². The molecule has 4 aliphatic rings. The number of amides is 2. The van der Waals surface area contributed by atoms with Gasteiger partial charge in [-0.3, -0.25) is 14.5 Å².